The van der Waals surface area contributed by atoms with Gasteiger partial charge in [0.2, 0.25) is 0 Å². The fraction of sp³-hybridized carbons (Fsp3) is 0.571. The Bertz CT molecular complexity index is 346. The van der Waals surface area contributed by atoms with Crippen molar-refractivity contribution >= 4 is 5.69 Å². The fourth-order valence-electron chi connectivity index (χ4n) is 2.66. The minimum atomic E-state index is 0.691. The molecule has 1 aromatic carbocycles. The van der Waals surface area contributed by atoms with Gasteiger partial charge in [-0.1, -0.05) is 18.2 Å². The summed E-state index contributed by atoms with van der Waals surface area (Å²) in [5.41, 5.74) is 2.95. The topological polar surface area (TPSA) is 6.48 Å². The Morgan fingerprint density at radius 1 is 1.31 bits per heavy atom. The quantitative estimate of drug-likeness (QED) is 0.753. The first-order valence-electron chi connectivity index (χ1n) is 6.13. The smallest absolute Gasteiger partial charge is 0.0399 e. The highest BCUT2D eigenvalue weighted by molar-refractivity contribution is 5.55. The van der Waals surface area contributed by atoms with Crippen molar-refractivity contribution in [2.75, 3.05) is 39.1 Å². The van der Waals surface area contributed by atoms with Gasteiger partial charge in [-0.15, -0.1) is 0 Å². The number of hydrogen-bond donors (Lipinski definition) is 0. The second-order valence-corrected chi connectivity index (χ2v) is 5.08. The lowest BCUT2D eigenvalue weighted by atomic mass is 9.94. The summed E-state index contributed by atoms with van der Waals surface area (Å²) in [5, 5.41) is 0. The van der Waals surface area contributed by atoms with Crippen molar-refractivity contribution in [2.45, 2.75) is 18.8 Å². The van der Waals surface area contributed by atoms with Gasteiger partial charge in [0.25, 0.3) is 0 Å². The number of hydrogen-bond acceptors (Lipinski definition) is 2. The average Bonchev–Trinajstić information content (AvgIpc) is 2.40. The molecule has 1 atom stereocenters. The molecule has 1 aliphatic heterocycles. The Morgan fingerprint density at radius 3 is 2.81 bits per heavy atom. The van der Waals surface area contributed by atoms with Gasteiger partial charge in [-0.05, 0) is 44.5 Å². The normalized spacial score (nSPS) is 20.8. The van der Waals surface area contributed by atoms with Gasteiger partial charge in [-0.25, -0.2) is 0 Å². The summed E-state index contributed by atoms with van der Waals surface area (Å²) in [7, 11) is 6.53. The van der Waals surface area contributed by atoms with Crippen LogP contribution in [-0.2, 0) is 0 Å². The van der Waals surface area contributed by atoms with Crippen molar-refractivity contribution < 1.29 is 0 Å². The van der Waals surface area contributed by atoms with E-state index in [2.05, 4.69) is 55.2 Å². The summed E-state index contributed by atoms with van der Waals surface area (Å²) in [6, 6.07) is 8.86. The van der Waals surface area contributed by atoms with Crippen molar-refractivity contribution in [2.24, 2.45) is 0 Å². The van der Waals surface area contributed by atoms with Crippen LogP contribution in [0.1, 0.15) is 24.3 Å². The third-order valence-corrected chi connectivity index (χ3v) is 3.42. The van der Waals surface area contributed by atoms with Gasteiger partial charge >= 0.3 is 0 Å². The van der Waals surface area contributed by atoms with Crippen LogP contribution in [0.4, 0.5) is 5.69 Å². The Morgan fingerprint density at radius 2 is 2.06 bits per heavy atom. The van der Waals surface area contributed by atoms with Crippen LogP contribution in [0.2, 0.25) is 0 Å². The Kier molecular flexibility index (Phi) is 3.49. The van der Waals surface area contributed by atoms with E-state index in [4.69, 9.17) is 0 Å². The minimum absolute atomic E-state index is 0.691. The molecular weight excluding hydrogens is 196 g/mol. The van der Waals surface area contributed by atoms with Crippen molar-refractivity contribution in [3.05, 3.63) is 29.8 Å². The third-order valence-electron chi connectivity index (χ3n) is 3.42. The van der Waals surface area contributed by atoms with Gasteiger partial charge in [-0.3, -0.25) is 0 Å². The van der Waals surface area contributed by atoms with E-state index in [1.807, 2.05) is 0 Å². The third kappa shape index (κ3) is 2.38. The van der Waals surface area contributed by atoms with E-state index in [0.717, 1.165) is 6.54 Å². The van der Waals surface area contributed by atoms with Crippen molar-refractivity contribution in [3.8, 4) is 0 Å². The molecule has 1 heterocycles. The van der Waals surface area contributed by atoms with E-state index in [0.29, 0.717) is 5.92 Å². The van der Waals surface area contributed by atoms with Gasteiger partial charge < -0.3 is 9.80 Å². The molecule has 1 aliphatic rings. The molecule has 0 saturated heterocycles. The monoisotopic (exact) mass is 218 g/mol. The first kappa shape index (κ1) is 11.5. The van der Waals surface area contributed by atoms with E-state index < -0.39 is 0 Å². The van der Waals surface area contributed by atoms with Crippen molar-refractivity contribution in [3.63, 3.8) is 0 Å². The summed E-state index contributed by atoms with van der Waals surface area (Å²) in [6.07, 6.45) is 2.60. The number of benzene rings is 1. The molecule has 0 aromatic heterocycles. The number of fused-ring (bicyclic) bond motifs is 1. The highest BCUT2D eigenvalue weighted by atomic mass is 15.1. The molecule has 0 spiro atoms. The van der Waals surface area contributed by atoms with E-state index in [1.165, 1.54) is 30.6 Å². The van der Waals surface area contributed by atoms with E-state index in [1.54, 1.807) is 0 Å². The standard InChI is InChI=1S/C14H22N2/c1-15(2)11-12-7-6-10-16(3)14-9-5-4-8-13(12)14/h4-5,8-9,12H,6-7,10-11H2,1-3H3. The van der Waals surface area contributed by atoms with Crippen LogP contribution in [-0.4, -0.2) is 39.1 Å². The van der Waals surface area contributed by atoms with Crippen molar-refractivity contribution in [1.29, 1.82) is 0 Å². The molecule has 0 radical (unpaired) electrons. The predicted octanol–water partition coefficient (Wildman–Crippen LogP) is 2.56. The van der Waals surface area contributed by atoms with Gasteiger partial charge in [0.05, 0.1) is 0 Å². The van der Waals surface area contributed by atoms with E-state index >= 15 is 0 Å². The molecule has 0 saturated carbocycles. The number of nitrogens with zero attached hydrogens (tertiary/aromatic N) is 2. The highest BCUT2D eigenvalue weighted by Gasteiger charge is 2.20. The van der Waals surface area contributed by atoms with Crippen LogP contribution < -0.4 is 4.90 Å². The van der Waals surface area contributed by atoms with Crippen LogP contribution >= 0.6 is 0 Å². The largest absolute Gasteiger partial charge is 0.374 e. The second kappa shape index (κ2) is 4.88. The van der Waals surface area contributed by atoms with Crippen molar-refractivity contribution in [1.82, 2.24) is 4.90 Å². The predicted molar refractivity (Wildman–Crippen MR) is 70.2 cm³/mol. The fourth-order valence-corrected chi connectivity index (χ4v) is 2.66. The Balaban J connectivity index is 2.31. The molecule has 0 aliphatic carbocycles. The van der Waals surface area contributed by atoms with E-state index in [9.17, 15) is 0 Å². The van der Waals surface area contributed by atoms with Crippen LogP contribution in [0.5, 0.6) is 0 Å². The molecule has 88 valence electrons. The van der Waals surface area contributed by atoms with Gasteiger partial charge in [0.15, 0.2) is 0 Å². The first-order chi connectivity index (χ1) is 7.68. The molecule has 2 nitrogen and oxygen atoms in total. The Hall–Kier alpha value is -1.02. The molecule has 0 fully saturated rings. The van der Waals surface area contributed by atoms with E-state index in [-0.39, 0.29) is 0 Å². The second-order valence-electron chi connectivity index (χ2n) is 5.08. The molecule has 0 bridgehead atoms. The first-order valence-corrected chi connectivity index (χ1v) is 6.13. The summed E-state index contributed by atoms with van der Waals surface area (Å²) in [5.74, 6) is 0.691. The lowest BCUT2D eigenvalue weighted by Crippen LogP contribution is -2.20. The zero-order valence-corrected chi connectivity index (χ0v) is 10.6. The zero-order valence-electron chi connectivity index (χ0n) is 10.6. The lowest BCUT2D eigenvalue weighted by Gasteiger charge is -2.23. The van der Waals surface area contributed by atoms with Crippen LogP contribution in [0, 0.1) is 0 Å². The molecule has 1 aromatic rings. The molecule has 16 heavy (non-hydrogen) atoms. The van der Waals surface area contributed by atoms with Crippen LogP contribution in [0.25, 0.3) is 0 Å². The SMILES string of the molecule is CN(C)CC1CCCN(C)c2ccccc21. The average molecular weight is 218 g/mol. The highest BCUT2D eigenvalue weighted by Crippen LogP contribution is 2.33. The summed E-state index contributed by atoms with van der Waals surface area (Å²) in [4.78, 5) is 4.69. The van der Waals surface area contributed by atoms with Gasteiger partial charge in [-0.2, -0.15) is 0 Å². The van der Waals surface area contributed by atoms with Gasteiger partial charge in [0.1, 0.15) is 0 Å². The maximum Gasteiger partial charge on any atom is 0.0399 e. The molecule has 2 rings (SSSR count). The lowest BCUT2D eigenvalue weighted by molar-refractivity contribution is 0.363. The number of anilines is 1. The molecule has 0 N–H and O–H groups in total. The summed E-state index contributed by atoms with van der Waals surface area (Å²) in [6.45, 7) is 2.34. The summed E-state index contributed by atoms with van der Waals surface area (Å²) < 4.78 is 0. The van der Waals surface area contributed by atoms with Crippen LogP contribution in [0.3, 0.4) is 0 Å². The molecule has 2 heteroatoms. The summed E-state index contributed by atoms with van der Waals surface area (Å²) >= 11 is 0. The number of para-hydroxylation sites is 1. The molecular formula is C14H22N2. The van der Waals surface area contributed by atoms with Gasteiger partial charge in [0, 0.05) is 25.8 Å². The van der Waals surface area contributed by atoms with Crippen LogP contribution in [0.15, 0.2) is 24.3 Å². The minimum Gasteiger partial charge on any atom is -0.374 e. The zero-order chi connectivity index (χ0) is 11.5. The molecule has 1 unspecified atom stereocenters. The Labute approximate surface area is 98.9 Å². The maximum atomic E-state index is 2.39. The molecule has 0 amide bonds. The number of rotatable bonds is 2. The number of likely N-dealkylation sites (N-methyl/N-ethyl adjacent to an activating group) is 1. The maximum absolute atomic E-state index is 2.39.